The van der Waals surface area contributed by atoms with Gasteiger partial charge in [0.25, 0.3) is 0 Å². The molecule has 0 radical (unpaired) electrons. The average Bonchev–Trinajstić information content (AvgIpc) is 3.55. The molecule has 3 aliphatic rings. The van der Waals surface area contributed by atoms with Gasteiger partial charge >= 0.3 is 0 Å². The largest absolute Gasteiger partial charge is 0.355 e. The van der Waals surface area contributed by atoms with E-state index in [4.69, 9.17) is 0 Å². The number of anilines is 3. The predicted molar refractivity (Wildman–Crippen MR) is 153 cm³/mol. The molecule has 1 amide bonds. The first kappa shape index (κ1) is 27.2. The minimum Gasteiger partial charge on any atom is -0.355 e. The molecule has 208 valence electrons. The number of piperazine rings is 1. The lowest BCUT2D eigenvalue weighted by molar-refractivity contribution is -0.125. The topological polar surface area (TPSA) is 102 Å². The Bertz CT molecular complexity index is 1040. The maximum atomic E-state index is 13.8. The first-order chi connectivity index (χ1) is 18.3. The van der Waals surface area contributed by atoms with Crippen LogP contribution < -0.4 is 15.5 Å². The van der Waals surface area contributed by atoms with Crippen LogP contribution in [0.25, 0.3) is 0 Å². The number of aromatic nitrogens is 4. The number of carbonyl (C=O) groups is 1. The maximum Gasteiger partial charge on any atom is 0.243 e. The summed E-state index contributed by atoms with van der Waals surface area (Å²) in [4.78, 5) is 20.7. The Balaban J connectivity index is 1.20. The van der Waals surface area contributed by atoms with Gasteiger partial charge in [0.2, 0.25) is 16.2 Å². The molecule has 4 heterocycles. The number of carbonyl (C=O) groups excluding carboxylic acids is 1. The molecule has 2 atom stereocenters. The number of amides is 1. The normalized spacial score (nSPS) is 26.3. The second kappa shape index (κ2) is 11.8. The van der Waals surface area contributed by atoms with Crippen molar-refractivity contribution in [2.24, 2.45) is 17.3 Å². The Morgan fingerprint density at radius 3 is 2.42 bits per heavy atom. The van der Waals surface area contributed by atoms with Crippen molar-refractivity contribution in [2.45, 2.75) is 65.0 Å². The zero-order valence-corrected chi connectivity index (χ0v) is 24.1. The minimum absolute atomic E-state index is 0.0751. The summed E-state index contributed by atoms with van der Waals surface area (Å²) in [7, 11) is 2.16. The van der Waals surface area contributed by atoms with E-state index in [0.717, 1.165) is 75.4 Å². The van der Waals surface area contributed by atoms with Crippen LogP contribution in [-0.4, -0.2) is 94.5 Å². The Hall–Kier alpha value is -2.37. The molecule has 10 nitrogen and oxygen atoms in total. The molecule has 38 heavy (non-hydrogen) atoms. The second-order valence-corrected chi connectivity index (χ2v) is 13.3. The molecular formula is C27H43N9OS. The predicted octanol–water partition coefficient (Wildman–Crippen LogP) is 3.43. The molecule has 2 N–H and O–H groups in total. The van der Waals surface area contributed by atoms with Gasteiger partial charge in [0.15, 0.2) is 5.82 Å². The van der Waals surface area contributed by atoms with Gasteiger partial charge in [-0.2, -0.15) is 5.10 Å². The van der Waals surface area contributed by atoms with Crippen molar-refractivity contribution in [1.82, 2.24) is 30.2 Å². The molecule has 0 bridgehead atoms. The first-order valence-corrected chi connectivity index (χ1v) is 14.9. The second-order valence-electron chi connectivity index (χ2n) is 12.3. The highest BCUT2D eigenvalue weighted by atomic mass is 32.1. The van der Waals surface area contributed by atoms with E-state index in [0.29, 0.717) is 16.5 Å². The summed E-state index contributed by atoms with van der Waals surface area (Å²) in [6, 6.07) is 4.04. The van der Waals surface area contributed by atoms with E-state index < -0.39 is 0 Å². The molecule has 1 aliphatic carbocycles. The molecule has 0 aromatic carbocycles. The van der Waals surface area contributed by atoms with Crippen molar-refractivity contribution < 1.29 is 4.79 Å². The lowest BCUT2D eigenvalue weighted by Crippen LogP contribution is -2.56. The fourth-order valence-electron chi connectivity index (χ4n) is 6.31. The van der Waals surface area contributed by atoms with Gasteiger partial charge in [-0.3, -0.25) is 15.0 Å². The van der Waals surface area contributed by atoms with E-state index in [1.165, 1.54) is 24.2 Å². The lowest BCUT2D eigenvalue weighted by atomic mass is 9.68. The van der Waals surface area contributed by atoms with Gasteiger partial charge < -0.3 is 15.1 Å². The quantitative estimate of drug-likeness (QED) is 0.546. The van der Waals surface area contributed by atoms with Crippen LogP contribution in [0.1, 0.15) is 52.9 Å². The van der Waals surface area contributed by atoms with Crippen LogP contribution in [0.4, 0.5) is 16.1 Å². The Kier molecular flexibility index (Phi) is 8.44. The average molecular weight is 542 g/mol. The van der Waals surface area contributed by atoms with Crippen LogP contribution in [0.15, 0.2) is 18.3 Å². The van der Waals surface area contributed by atoms with E-state index in [1.54, 1.807) is 6.20 Å². The van der Waals surface area contributed by atoms with Crippen molar-refractivity contribution in [3.63, 3.8) is 0 Å². The van der Waals surface area contributed by atoms with Gasteiger partial charge in [0.05, 0.1) is 6.04 Å². The minimum atomic E-state index is -0.111. The van der Waals surface area contributed by atoms with Gasteiger partial charge in [0, 0.05) is 51.5 Å². The van der Waals surface area contributed by atoms with Gasteiger partial charge in [-0.1, -0.05) is 32.1 Å². The van der Waals surface area contributed by atoms with Gasteiger partial charge in [0.1, 0.15) is 0 Å². The molecule has 2 aromatic rings. The molecule has 11 heteroatoms. The third kappa shape index (κ3) is 6.60. The van der Waals surface area contributed by atoms with Crippen LogP contribution >= 0.6 is 11.3 Å². The third-order valence-electron chi connectivity index (χ3n) is 8.70. The van der Waals surface area contributed by atoms with Gasteiger partial charge in [-0.25, -0.2) is 0 Å². The highest BCUT2D eigenvalue weighted by Crippen LogP contribution is 2.42. The monoisotopic (exact) mass is 541 g/mol. The van der Waals surface area contributed by atoms with Crippen LogP contribution in [0.5, 0.6) is 0 Å². The first-order valence-electron chi connectivity index (χ1n) is 14.1. The fraction of sp³-hybridized carbons (Fsp3) is 0.741. The van der Waals surface area contributed by atoms with Crippen molar-refractivity contribution in [3.05, 3.63) is 18.3 Å². The molecule has 2 aromatic heterocycles. The summed E-state index contributed by atoms with van der Waals surface area (Å²) in [6.07, 6.45) is 7.30. The van der Waals surface area contributed by atoms with Crippen molar-refractivity contribution in [1.29, 1.82) is 0 Å². The number of nitrogens with one attached hydrogen (secondary N) is 2. The van der Waals surface area contributed by atoms with E-state index >= 15 is 0 Å². The smallest absolute Gasteiger partial charge is 0.243 e. The van der Waals surface area contributed by atoms with Gasteiger partial charge in [-0.15, -0.1) is 15.3 Å². The lowest BCUT2D eigenvalue weighted by Gasteiger charge is -2.44. The molecule has 5 rings (SSSR count). The summed E-state index contributed by atoms with van der Waals surface area (Å²) < 4.78 is 0. The summed E-state index contributed by atoms with van der Waals surface area (Å²) in [5.74, 6) is 2.08. The maximum absolute atomic E-state index is 13.8. The molecule has 1 saturated carbocycles. The van der Waals surface area contributed by atoms with E-state index in [-0.39, 0.29) is 18.0 Å². The summed E-state index contributed by atoms with van der Waals surface area (Å²) in [5.41, 5.74) is 0.331. The van der Waals surface area contributed by atoms with Crippen LogP contribution in [0.2, 0.25) is 0 Å². The Morgan fingerprint density at radius 1 is 1.00 bits per heavy atom. The summed E-state index contributed by atoms with van der Waals surface area (Å²) in [6.45, 7) is 12.7. The Labute approximate surface area is 230 Å². The van der Waals surface area contributed by atoms with E-state index in [1.807, 2.05) is 12.1 Å². The number of hydrogen-bond donors (Lipinski definition) is 2. The molecule has 1 unspecified atom stereocenters. The standard InChI is InChI=1S/C27H43N9OS/c1-27(2,3)20-9-7-19(8-10-20)23(35-16-14-34(4)15-17-35)24(37)30-26-33-32-25(38-26)29-21-11-13-36(18-21)22-6-5-12-28-31-22/h5-6,12,19-21,23H,7-11,13-18H2,1-4H3,(H,29,32)(H,30,33,37)/t19?,20?,21-,23?/m1/s1. The fourth-order valence-corrected chi connectivity index (χ4v) is 7.04. The summed E-state index contributed by atoms with van der Waals surface area (Å²) in [5, 5.41) is 24.8. The third-order valence-corrected chi connectivity index (χ3v) is 9.47. The van der Waals surface area contributed by atoms with Gasteiger partial charge in [-0.05, 0) is 68.5 Å². The van der Waals surface area contributed by atoms with Crippen LogP contribution in [-0.2, 0) is 4.79 Å². The van der Waals surface area contributed by atoms with Crippen molar-refractivity contribution in [3.8, 4) is 0 Å². The Morgan fingerprint density at radius 2 is 1.74 bits per heavy atom. The molecule has 0 spiro atoms. The van der Waals surface area contributed by atoms with Crippen LogP contribution in [0, 0.1) is 17.3 Å². The molecule has 2 saturated heterocycles. The van der Waals surface area contributed by atoms with Crippen molar-refractivity contribution in [2.75, 3.05) is 61.8 Å². The van der Waals surface area contributed by atoms with E-state index in [9.17, 15) is 4.79 Å². The number of hydrogen-bond acceptors (Lipinski definition) is 10. The zero-order valence-electron chi connectivity index (χ0n) is 23.3. The highest BCUT2D eigenvalue weighted by Gasteiger charge is 2.39. The highest BCUT2D eigenvalue weighted by molar-refractivity contribution is 7.19. The van der Waals surface area contributed by atoms with Crippen LogP contribution in [0.3, 0.4) is 0 Å². The SMILES string of the molecule is CN1CCN(C(C(=O)Nc2nnc(N[C@@H]3CCN(c4cccnn4)C3)s2)C2CCC(C(C)(C)C)CC2)CC1. The number of likely N-dealkylation sites (N-methyl/N-ethyl adjacent to an activating group) is 1. The zero-order chi connectivity index (χ0) is 26.7. The molecule has 3 fully saturated rings. The summed E-state index contributed by atoms with van der Waals surface area (Å²) >= 11 is 1.42. The molecule has 2 aliphatic heterocycles. The number of rotatable bonds is 7. The number of nitrogens with zero attached hydrogens (tertiary/aromatic N) is 7. The van der Waals surface area contributed by atoms with E-state index in [2.05, 4.69) is 73.5 Å². The van der Waals surface area contributed by atoms with Crippen molar-refractivity contribution >= 4 is 33.3 Å². The molecular weight excluding hydrogens is 498 g/mol.